The van der Waals surface area contributed by atoms with Crippen molar-refractivity contribution in [2.45, 2.75) is 40.2 Å². The number of aryl methyl sites for hydroxylation is 3. The number of carbonyl (C=O) groups excluding carboxylic acids is 1. The van der Waals surface area contributed by atoms with Gasteiger partial charge in [-0.3, -0.25) is 9.89 Å². The first-order chi connectivity index (χ1) is 13.0. The molecule has 0 aliphatic carbocycles. The van der Waals surface area contributed by atoms with Gasteiger partial charge in [-0.05, 0) is 45.7 Å². The molecule has 142 valence electrons. The number of nitrogens with one attached hydrogen (secondary N) is 2. The molecule has 1 amide bonds. The molecule has 3 aromatic heterocycles. The number of anilines is 1. The summed E-state index contributed by atoms with van der Waals surface area (Å²) in [5, 5.41) is 10.2. The van der Waals surface area contributed by atoms with Gasteiger partial charge < -0.3 is 14.6 Å². The summed E-state index contributed by atoms with van der Waals surface area (Å²) in [6, 6.07) is 4.40. The van der Waals surface area contributed by atoms with Crippen LogP contribution in [-0.4, -0.2) is 39.2 Å². The second-order valence-corrected chi connectivity index (χ2v) is 7.16. The van der Waals surface area contributed by atoms with E-state index in [0.717, 1.165) is 48.6 Å². The molecule has 0 unspecified atom stereocenters. The molecule has 0 saturated carbocycles. The van der Waals surface area contributed by atoms with Crippen molar-refractivity contribution in [3.05, 3.63) is 34.8 Å². The molecule has 1 aliphatic heterocycles. The van der Waals surface area contributed by atoms with Gasteiger partial charge in [0.1, 0.15) is 0 Å². The van der Waals surface area contributed by atoms with E-state index in [-0.39, 0.29) is 11.8 Å². The molecule has 4 heterocycles. The molecule has 1 aliphatic rings. The van der Waals surface area contributed by atoms with Gasteiger partial charge in [0.2, 0.25) is 11.6 Å². The normalized spacial score (nSPS) is 15.4. The number of oxazole rings is 1. The second-order valence-electron chi connectivity index (χ2n) is 7.16. The molecule has 0 radical (unpaired) electrons. The maximum Gasteiger partial charge on any atom is 0.299 e. The highest BCUT2D eigenvalue weighted by Gasteiger charge is 2.27. The fraction of sp³-hybridized carbons (Fsp3) is 0.474. The lowest BCUT2D eigenvalue weighted by molar-refractivity contribution is -0.125. The Bertz CT molecular complexity index is 948. The highest BCUT2D eigenvalue weighted by atomic mass is 16.4. The van der Waals surface area contributed by atoms with Crippen LogP contribution in [-0.2, 0) is 11.3 Å². The predicted molar refractivity (Wildman–Crippen MR) is 101 cm³/mol. The van der Waals surface area contributed by atoms with E-state index in [9.17, 15) is 4.79 Å². The minimum absolute atomic E-state index is 0.0125. The van der Waals surface area contributed by atoms with Crippen LogP contribution in [0.2, 0.25) is 0 Å². The van der Waals surface area contributed by atoms with Crippen molar-refractivity contribution in [2.75, 3.05) is 18.0 Å². The van der Waals surface area contributed by atoms with Crippen molar-refractivity contribution >= 4 is 23.2 Å². The van der Waals surface area contributed by atoms with Crippen molar-refractivity contribution < 1.29 is 9.21 Å². The topological polar surface area (TPSA) is 99.9 Å². The molecule has 27 heavy (non-hydrogen) atoms. The van der Waals surface area contributed by atoms with Crippen LogP contribution >= 0.6 is 0 Å². The summed E-state index contributed by atoms with van der Waals surface area (Å²) in [6.07, 6.45) is 1.56. The molecular formula is C19H24N6O2. The van der Waals surface area contributed by atoms with Crippen LogP contribution in [0.1, 0.15) is 35.5 Å². The van der Waals surface area contributed by atoms with Crippen LogP contribution < -0.4 is 10.2 Å². The van der Waals surface area contributed by atoms with E-state index >= 15 is 0 Å². The van der Waals surface area contributed by atoms with Crippen LogP contribution in [0.15, 0.2) is 16.5 Å². The number of fused-ring (bicyclic) bond motifs is 1. The summed E-state index contributed by atoms with van der Waals surface area (Å²) in [7, 11) is 0. The van der Waals surface area contributed by atoms with Gasteiger partial charge in [-0.25, -0.2) is 4.98 Å². The maximum atomic E-state index is 12.5. The van der Waals surface area contributed by atoms with Gasteiger partial charge in [-0.15, -0.1) is 0 Å². The number of carbonyl (C=O) groups is 1. The van der Waals surface area contributed by atoms with E-state index in [0.29, 0.717) is 23.8 Å². The second kappa shape index (κ2) is 7.02. The summed E-state index contributed by atoms with van der Waals surface area (Å²) in [4.78, 5) is 23.5. The SMILES string of the molecule is Cc1ccc2oc(N3CCC(C(=O)NCc4c(C)n[nH]c4C)CC3)nc2n1. The molecular weight excluding hydrogens is 344 g/mol. The number of aromatic nitrogens is 4. The summed E-state index contributed by atoms with van der Waals surface area (Å²) >= 11 is 0. The first kappa shape index (κ1) is 17.5. The Morgan fingerprint density at radius 1 is 1.26 bits per heavy atom. The van der Waals surface area contributed by atoms with Gasteiger partial charge in [0, 0.05) is 42.5 Å². The number of piperidine rings is 1. The third-order valence-electron chi connectivity index (χ3n) is 5.24. The Hall–Kier alpha value is -2.90. The molecule has 2 N–H and O–H groups in total. The van der Waals surface area contributed by atoms with Crippen LogP contribution in [0.4, 0.5) is 6.01 Å². The van der Waals surface area contributed by atoms with Crippen LogP contribution in [0.3, 0.4) is 0 Å². The molecule has 0 spiro atoms. The number of aromatic amines is 1. The molecule has 3 aromatic rings. The van der Waals surface area contributed by atoms with E-state index < -0.39 is 0 Å². The number of rotatable bonds is 4. The quantitative estimate of drug-likeness (QED) is 0.733. The van der Waals surface area contributed by atoms with Crippen molar-refractivity contribution in [1.82, 2.24) is 25.5 Å². The van der Waals surface area contributed by atoms with Gasteiger partial charge >= 0.3 is 0 Å². The Kier molecular flexibility index (Phi) is 4.55. The zero-order valence-electron chi connectivity index (χ0n) is 15.9. The number of pyridine rings is 1. The molecule has 8 heteroatoms. The molecule has 0 aromatic carbocycles. The Labute approximate surface area is 157 Å². The highest BCUT2D eigenvalue weighted by molar-refractivity contribution is 5.79. The zero-order chi connectivity index (χ0) is 19.0. The van der Waals surface area contributed by atoms with Crippen LogP contribution in [0, 0.1) is 26.7 Å². The minimum atomic E-state index is 0.0125. The standard InChI is InChI=1S/C19H24N6O2/c1-11-4-5-16-17(21-11)22-19(27-16)25-8-6-14(7-9-25)18(26)20-10-15-12(2)23-24-13(15)3/h4-5,14H,6-10H2,1-3H3,(H,20,26)(H,23,24). The van der Waals surface area contributed by atoms with E-state index in [1.807, 2.05) is 32.9 Å². The van der Waals surface area contributed by atoms with Gasteiger partial charge in [-0.1, -0.05) is 0 Å². The average molecular weight is 368 g/mol. The fourth-order valence-corrected chi connectivity index (χ4v) is 3.52. The predicted octanol–water partition coefficient (Wildman–Crippen LogP) is 2.40. The summed E-state index contributed by atoms with van der Waals surface area (Å²) in [6.45, 7) is 7.85. The van der Waals surface area contributed by atoms with E-state index in [1.54, 1.807) is 0 Å². The zero-order valence-corrected chi connectivity index (χ0v) is 15.9. The minimum Gasteiger partial charge on any atom is -0.422 e. The lowest BCUT2D eigenvalue weighted by Gasteiger charge is -2.30. The molecule has 1 fully saturated rings. The first-order valence-electron chi connectivity index (χ1n) is 9.28. The Morgan fingerprint density at radius 2 is 2.04 bits per heavy atom. The van der Waals surface area contributed by atoms with Crippen molar-refractivity contribution in [2.24, 2.45) is 5.92 Å². The highest BCUT2D eigenvalue weighted by Crippen LogP contribution is 2.26. The molecule has 8 nitrogen and oxygen atoms in total. The summed E-state index contributed by atoms with van der Waals surface area (Å²) < 4.78 is 5.82. The van der Waals surface area contributed by atoms with Crippen LogP contribution in [0.25, 0.3) is 11.2 Å². The average Bonchev–Trinajstić information content (AvgIpc) is 3.23. The third kappa shape index (κ3) is 3.51. The summed E-state index contributed by atoms with van der Waals surface area (Å²) in [5.41, 5.74) is 5.25. The molecule has 4 rings (SSSR count). The van der Waals surface area contributed by atoms with Gasteiger partial charge in [0.05, 0.1) is 5.69 Å². The largest absolute Gasteiger partial charge is 0.422 e. The van der Waals surface area contributed by atoms with E-state index in [4.69, 9.17) is 4.42 Å². The smallest absolute Gasteiger partial charge is 0.299 e. The summed E-state index contributed by atoms with van der Waals surface area (Å²) in [5.74, 6) is 0.114. The van der Waals surface area contributed by atoms with Crippen molar-refractivity contribution in [1.29, 1.82) is 0 Å². The Balaban J connectivity index is 1.34. The number of nitrogens with zero attached hydrogens (tertiary/aromatic N) is 4. The first-order valence-corrected chi connectivity index (χ1v) is 9.28. The number of H-pyrrole nitrogens is 1. The number of hydrogen-bond acceptors (Lipinski definition) is 6. The number of hydrogen-bond donors (Lipinski definition) is 2. The monoisotopic (exact) mass is 368 g/mol. The Morgan fingerprint density at radius 3 is 2.74 bits per heavy atom. The van der Waals surface area contributed by atoms with Gasteiger partial charge in [0.25, 0.3) is 6.01 Å². The van der Waals surface area contributed by atoms with E-state index in [1.165, 1.54) is 0 Å². The van der Waals surface area contributed by atoms with E-state index in [2.05, 4.69) is 30.4 Å². The van der Waals surface area contributed by atoms with Gasteiger partial charge in [0.15, 0.2) is 5.58 Å². The van der Waals surface area contributed by atoms with Crippen LogP contribution in [0.5, 0.6) is 0 Å². The van der Waals surface area contributed by atoms with Gasteiger partial charge in [-0.2, -0.15) is 10.1 Å². The lowest BCUT2D eigenvalue weighted by atomic mass is 9.96. The third-order valence-corrected chi connectivity index (χ3v) is 5.24. The van der Waals surface area contributed by atoms with Crippen molar-refractivity contribution in [3.8, 4) is 0 Å². The fourth-order valence-electron chi connectivity index (χ4n) is 3.52. The lowest BCUT2D eigenvalue weighted by Crippen LogP contribution is -2.40. The molecule has 0 atom stereocenters. The molecule has 1 saturated heterocycles. The number of amides is 1. The molecule has 0 bridgehead atoms. The maximum absolute atomic E-state index is 12.5. The van der Waals surface area contributed by atoms with Crippen molar-refractivity contribution in [3.63, 3.8) is 0 Å².